The minimum atomic E-state index is -3.87. The Morgan fingerprint density at radius 2 is 1.61 bits per heavy atom. The van der Waals surface area contributed by atoms with Gasteiger partial charge in [-0.05, 0) is 45.0 Å². The molecule has 1 aliphatic rings. The van der Waals surface area contributed by atoms with Gasteiger partial charge in [-0.15, -0.1) is 0 Å². The van der Waals surface area contributed by atoms with E-state index in [9.17, 15) is 16.8 Å². The van der Waals surface area contributed by atoms with Crippen molar-refractivity contribution >= 4 is 20.0 Å². The minimum absolute atomic E-state index is 0.150. The summed E-state index contributed by atoms with van der Waals surface area (Å²) in [6, 6.07) is 5.77. The van der Waals surface area contributed by atoms with Crippen molar-refractivity contribution in [1.82, 2.24) is 14.3 Å². The lowest BCUT2D eigenvalue weighted by molar-refractivity contribution is 0.474. The molecular weight excluding hydrogens is 338 g/mol. The predicted molar refractivity (Wildman–Crippen MR) is 88.2 cm³/mol. The fraction of sp³-hybridized carbons (Fsp3) is 0.571. The van der Waals surface area contributed by atoms with E-state index in [0.29, 0.717) is 26.1 Å². The van der Waals surface area contributed by atoms with E-state index in [1.54, 1.807) is 13.1 Å². The third-order valence-corrected chi connectivity index (χ3v) is 7.32. The maximum absolute atomic E-state index is 12.7. The van der Waals surface area contributed by atoms with Crippen LogP contribution < -0.4 is 10.0 Å². The number of rotatable bonds is 8. The first kappa shape index (κ1) is 18.3. The number of hydrogen-bond acceptors (Lipinski definition) is 5. The molecule has 7 nitrogen and oxygen atoms in total. The molecule has 130 valence electrons. The summed E-state index contributed by atoms with van der Waals surface area (Å²) < 4.78 is 54.1. The second kappa shape index (κ2) is 7.71. The highest BCUT2D eigenvalue weighted by molar-refractivity contribution is 7.92. The first-order chi connectivity index (χ1) is 10.9. The first-order valence-electron chi connectivity index (χ1n) is 7.63. The Balaban J connectivity index is 2.30. The Morgan fingerprint density at radius 3 is 2.22 bits per heavy atom. The van der Waals surface area contributed by atoms with E-state index in [0.717, 1.165) is 12.8 Å². The molecule has 23 heavy (non-hydrogen) atoms. The summed E-state index contributed by atoms with van der Waals surface area (Å²) in [7, 11) is -5.87. The molecule has 0 unspecified atom stereocenters. The van der Waals surface area contributed by atoms with Crippen LogP contribution in [0.15, 0.2) is 34.1 Å². The van der Waals surface area contributed by atoms with Crippen molar-refractivity contribution < 1.29 is 16.8 Å². The standard InChI is InChI=1S/C14H23N3O4S2/c1-15-9-6-10-16-22(18,19)13-7-2-3-8-14(13)23(20,21)17-11-4-5-12-17/h2-3,7-8,15-16H,4-6,9-12H2,1H3. The Labute approximate surface area is 138 Å². The Hall–Kier alpha value is -1.00. The van der Waals surface area contributed by atoms with Gasteiger partial charge in [0.25, 0.3) is 0 Å². The van der Waals surface area contributed by atoms with Crippen LogP contribution in [0.5, 0.6) is 0 Å². The highest BCUT2D eigenvalue weighted by Gasteiger charge is 2.32. The van der Waals surface area contributed by atoms with Gasteiger partial charge in [-0.25, -0.2) is 21.6 Å². The first-order valence-corrected chi connectivity index (χ1v) is 10.6. The molecule has 1 saturated heterocycles. The van der Waals surface area contributed by atoms with Crippen LogP contribution in [0.4, 0.5) is 0 Å². The van der Waals surface area contributed by atoms with Crippen molar-refractivity contribution in [2.45, 2.75) is 29.1 Å². The van der Waals surface area contributed by atoms with Gasteiger partial charge in [-0.1, -0.05) is 12.1 Å². The van der Waals surface area contributed by atoms with Crippen LogP contribution in [0.25, 0.3) is 0 Å². The number of hydrogen-bond donors (Lipinski definition) is 2. The highest BCUT2D eigenvalue weighted by Crippen LogP contribution is 2.26. The van der Waals surface area contributed by atoms with E-state index >= 15 is 0 Å². The van der Waals surface area contributed by atoms with Gasteiger partial charge in [0.05, 0.1) is 0 Å². The van der Waals surface area contributed by atoms with E-state index in [4.69, 9.17) is 0 Å². The van der Waals surface area contributed by atoms with Crippen LogP contribution in [-0.2, 0) is 20.0 Å². The van der Waals surface area contributed by atoms with Crippen LogP contribution in [0, 0.1) is 0 Å². The van der Waals surface area contributed by atoms with Gasteiger partial charge in [-0.2, -0.15) is 4.31 Å². The van der Waals surface area contributed by atoms with Crippen molar-refractivity contribution in [2.24, 2.45) is 0 Å². The van der Waals surface area contributed by atoms with Gasteiger partial charge in [0.2, 0.25) is 20.0 Å². The number of nitrogens with one attached hydrogen (secondary N) is 2. The zero-order valence-electron chi connectivity index (χ0n) is 13.2. The van der Waals surface area contributed by atoms with E-state index in [1.165, 1.54) is 22.5 Å². The van der Waals surface area contributed by atoms with Crippen LogP contribution in [0.2, 0.25) is 0 Å². The van der Waals surface area contributed by atoms with E-state index in [1.807, 2.05) is 0 Å². The molecule has 1 aromatic rings. The Morgan fingerprint density at radius 1 is 1.00 bits per heavy atom. The molecule has 2 N–H and O–H groups in total. The molecule has 0 aliphatic carbocycles. The Kier molecular flexibility index (Phi) is 6.15. The second-order valence-corrected chi connectivity index (χ2v) is 9.05. The lowest BCUT2D eigenvalue weighted by Gasteiger charge is -2.18. The van der Waals surface area contributed by atoms with Gasteiger partial charge in [0.1, 0.15) is 9.79 Å². The highest BCUT2D eigenvalue weighted by atomic mass is 32.2. The minimum Gasteiger partial charge on any atom is -0.320 e. The molecule has 1 heterocycles. The fourth-order valence-corrected chi connectivity index (χ4v) is 5.90. The number of benzene rings is 1. The monoisotopic (exact) mass is 361 g/mol. The summed E-state index contributed by atoms with van der Waals surface area (Å²) in [6.45, 7) is 1.80. The molecule has 0 atom stereocenters. The molecule has 0 saturated carbocycles. The summed E-state index contributed by atoms with van der Waals surface area (Å²) >= 11 is 0. The average molecular weight is 361 g/mol. The molecule has 1 aromatic carbocycles. The summed E-state index contributed by atoms with van der Waals surface area (Å²) in [6.07, 6.45) is 2.23. The molecular formula is C14H23N3O4S2. The molecule has 0 aromatic heterocycles. The third kappa shape index (κ3) is 4.30. The topological polar surface area (TPSA) is 95.6 Å². The van der Waals surface area contributed by atoms with Crippen LogP contribution >= 0.6 is 0 Å². The molecule has 0 bridgehead atoms. The SMILES string of the molecule is CNCCCNS(=O)(=O)c1ccccc1S(=O)(=O)N1CCCC1. The van der Waals surface area contributed by atoms with E-state index in [-0.39, 0.29) is 16.3 Å². The number of sulfonamides is 2. The molecule has 9 heteroatoms. The quantitative estimate of drug-likeness (QED) is 0.652. The van der Waals surface area contributed by atoms with Crippen molar-refractivity contribution in [3.05, 3.63) is 24.3 Å². The zero-order valence-corrected chi connectivity index (χ0v) is 14.8. The summed E-state index contributed by atoms with van der Waals surface area (Å²) in [5.41, 5.74) is 0. The zero-order chi connectivity index (χ0) is 16.9. The van der Waals surface area contributed by atoms with Crippen molar-refractivity contribution in [2.75, 3.05) is 33.2 Å². The lowest BCUT2D eigenvalue weighted by Crippen LogP contribution is -2.32. The van der Waals surface area contributed by atoms with Gasteiger partial charge in [0, 0.05) is 19.6 Å². The van der Waals surface area contributed by atoms with Crippen molar-refractivity contribution in [3.8, 4) is 0 Å². The smallest absolute Gasteiger partial charge is 0.244 e. The molecule has 0 spiro atoms. The van der Waals surface area contributed by atoms with Gasteiger partial charge in [-0.3, -0.25) is 0 Å². The summed E-state index contributed by atoms with van der Waals surface area (Å²) in [5.74, 6) is 0. The predicted octanol–water partition coefficient (Wildman–Crippen LogP) is 0.359. The normalized spacial score (nSPS) is 16.7. The third-order valence-electron chi connectivity index (χ3n) is 3.72. The summed E-state index contributed by atoms with van der Waals surface area (Å²) in [5, 5.41) is 2.93. The largest absolute Gasteiger partial charge is 0.320 e. The van der Waals surface area contributed by atoms with Crippen molar-refractivity contribution in [1.29, 1.82) is 0 Å². The second-order valence-electron chi connectivity index (χ2n) is 5.41. The van der Waals surface area contributed by atoms with Crippen LogP contribution in [-0.4, -0.2) is 54.4 Å². The molecule has 0 amide bonds. The fourth-order valence-electron chi connectivity index (χ4n) is 2.50. The average Bonchev–Trinajstić information content (AvgIpc) is 3.07. The van der Waals surface area contributed by atoms with E-state index in [2.05, 4.69) is 10.0 Å². The lowest BCUT2D eigenvalue weighted by atomic mass is 10.4. The summed E-state index contributed by atoms with van der Waals surface area (Å²) in [4.78, 5) is -0.334. The number of nitrogens with zero attached hydrogens (tertiary/aromatic N) is 1. The molecule has 1 fully saturated rings. The Bertz CT molecular complexity index is 726. The van der Waals surface area contributed by atoms with Gasteiger partial charge < -0.3 is 5.32 Å². The van der Waals surface area contributed by atoms with E-state index < -0.39 is 20.0 Å². The maximum atomic E-state index is 12.7. The molecule has 1 aliphatic heterocycles. The van der Waals surface area contributed by atoms with Crippen LogP contribution in [0.3, 0.4) is 0 Å². The molecule has 0 radical (unpaired) electrons. The maximum Gasteiger partial charge on any atom is 0.244 e. The van der Waals surface area contributed by atoms with Crippen LogP contribution in [0.1, 0.15) is 19.3 Å². The van der Waals surface area contributed by atoms with Gasteiger partial charge in [0.15, 0.2) is 0 Å². The molecule has 2 rings (SSSR count). The van der Waals surface area contributed by atoms with Gasteiger partial charge >= 0.3 is 0 Å². The van der Waals surface area contributed by atoms with Crippen molar-refractivity contribution in [3.63, 3.8) is 0 Å².